The smallest absolute Gasteiger partial charge is 0.416 e. The zero-order chi connectivity index (χ0) is 14.9. The van der Waals surface area contributed by atoms with Crippen molar-refractivity contribution in [1.82, 2.24) is 4.98 Å². The fourth-order valence-electron chi connectivity index (χ4n) is 1.68. The van der Waals surface area contributed by atoms with Crippen LogP contribution in [0.3, 0.4) is 0 Å². The molecule has 20 heavy (non-hydrogen) atoms. The first-order valence-corrected chi connectivity index (χ1v) is 6.05. The van der Waals surface area contributed by atoms with Crippen molar-refractivity contribution in [2.45, 2.75) is 13.1 Å². The predicted octanol–water partition coefficient (Wildman–Crippen LogP) is 4.08. The molecule has 0 saturated heterocycles. The van der Waals surface area contributed by atoms with Gasteiger partial charge in [-0.05, 0) is 31.2 Å². The number of hydrogen-bond donors (Lipinski definition) is 0. The van der Waals surface area contributed by atoms with Gasteiger partial charge in [0.15, 0.2) is 0 Å². The van der Waals surface area contributed by atoms with Crippen molar-refractivity contribution in [3.05, 3.63) is 40.5 Å². The molecule has 0 atom stereocenters. The molecule has 2 rings (SSSR count). The van der Waals surface area contributed by atoms with Gasteiger partial charge in [0.25, 0.3) is 0 Å². The first-order chi connectivity index (χ1) is 9.32. The molecule has 0 spiro atoms. The molecule has 0 aliphatic heterocycles. The van der Waals surface area contributed by atoms with Crippen LogP contribution < -0.4 is 0 Å². The van der Waals surface area contributed by atoms with Crippen LogP contribution in [0.4, 0.5) is 13.2 Å². The van der Waals surface area contributed by atoms with Gasteiger partial charge in [0.05, 0.1) is 23.3 Å². The second kappa shape index (κ2) is 5.28. The topological polar surface area (TPSA) is 39.2 Å². The van der Waals surface area contributed by atoms with Gasteiger partial charge in [-0.15, -0.1) is 0 Å². The van der Waals surface area contributed by atoms with E-state index < -0.39 is 17.7 Å². The molecule has 0 amide bonds. The molecule has 2 aromatic rings. The van der Waals surface area contributed by atoms with Gasteiger partial charge in [0.2, 0.25) is 0 Å². The zero-order valence-electron chi connectivity index (χ0n) is 10.3. The molecule has 0 fully saturated rings. The van der Waals surface area contributed by atoms with E-state index in [2.05, 4.69) is 4.98 Å². The van der Waals surface area contributed by atoms with Crippen LogP contribution in [0.5, 0.6) is 0 Å². The van der Waals surface area contributed by atoms with E-state index >= 15 is 0 Å². The molecule has 0 unspecified atom stereocenters. The van der Waals surface area contributed by atoms with E-state index in [-0.39, 0.29) is 28.2 Å². The molecular weight excluding hydrogens is 295 g/mol. The second-order valence-corrected chi connectivity index (χ2v) is 4.31. The fourth-order valence-corrected chi connectivity index (χ4v) is 1.90. The van der Waals surface area contributed by atoms with Crippen LogP contribution in [0.25, 0.3) is 10.9 Å². The Bertz CT molecular complexity index is 670. The van der Waals surface area contributed by atoms with Crippen molar-refractivity contribution in [2.24, 2.45) is 0 Å². The number of halogens is 4. The van der Waals surface area contributed by atoms with Gasteiger partial charge in [0.1, 0.15) is 5.15 Å². The van der Waals surface area contributed by atoms with E-state index in [0.29, 0.717) is 0 Å². The number of carbonyl (C=O) groups excluding carboxylic acids is 1. The number of ether oxygens (including phenoxy) is 1. The molecule has 0 N–H and O–H groups in total. The lowest BCUT2D eigenvalue weighted by molar-refractivity contribution is -0.137. The molecule has 1 heterocycles. The maximum Gasteiger partial charge on any atom is 0.416 e. The number of pyridine rings is 1. The third-order valence-corrected chi connectivity index (χ3v) is 2.88. The lowest BCUT2D eigenvalue weighted by Crippen LogP contribution is -2.07. The number of nitrogens with zero attached hydrogens (tertiary/aromatic N) is 1. The predicted molar refractivity (Wildman–Crippen MR) is 67.7 cm³/mol. The number of carbonyl (C=O) groups is 1. The summed E-state index contributed by atoms with van der Waals surface area (Å²) in [5, 5.41) is 0.0722. The average molecular weight is 304 g/mol. The van der Waals surface area contributed by atoms with Crippen LogP contribution in [0, 0.1) is 0 Å². The van der Waals surface area contributed by atoms with Crippen molar-refractivity contribution in [3.63, 3.8) is 0 Å². The van der Waals surface area contributed by atoms with Crippen LogP contribution in [-0.4, -0.2) is 17.6 Å². The van der Waals surface area contributed by atoms with Crippen molar-refractivity contribution < 1.29 is 22.7 Å². The number of alkyl halides is 3. The summed E-state index contributed by atoms with van der Waals surface area (Å²) in [7, 11) is 0. The highest BCUT2D eigenvalue weighted by Crippen LogP contribution is 2.32. The van der Waals surface area contributed by atoms with Crippen molar-refractivity contribution in [1.29, 1.82) is 0 Å². The normalized spacial score (nSPS) is 11.7. The van der Waals surface area contributed by atoms with Crippen LogP contribution in [0.15, 0.2) is 24.3 Å². The molecule has 7 heteroatoms. The molecule has 3 nitrogen and oxygen atoms in total. The highest BCUT2D eigenvalue weighted by atomic mass is 35.5. The summed E-state index contributed by atoms with van der Waals surface area (Å²) in [6.45, 7) is 1.75. The summed E-state index contributed by atoms with van der Waals surface area (Å²) in [6.07, 6.45) is -4.46. The molecule has 0 radical (unpaired) electrons. The standard InChI is InChI=1S/C13H9ClF3NO2/c1-2-20-12(19)9-6-7-5-8(13(15,16)17)3-4-10(7)18-11(9)14/h3-6H,2H2,1H3. The Morgan fingerprint density at radius 3 is 2.65 bits per heavy atom. The fraction of sp³-hybridized carbons (Fsp3) is 0.231. The minimum absolute atomic E-state index is 0.0552. The minimum atomic E-state index is -4.46. The Kier molecular flexibility index (Phi) is 3.85. The third-order valence-electron chi connectivity index (χ3n) is 2.59. The van der Waals surface area contributed by atoms with Crippen molar-refractivity contribution in [2.75, 3.05) is 6.61 Å². The SMILES string of the molecule is CCOC(=O)c1cc2cc(C(F)(F)F)ccc2nc1Cl. The Labute approximate surface area is 117 Å². The Hall–Kier alpha value is -1.82. The van der Waals surface area contributed by atoms with Crippen LogP contribution in [-0.2, 0) is 10.9 Å². The lowest BCUT2D eigenvalue weighted by Gasteiger charge is -2.09. The van der Waals surface area contributed by atoms with Gasteiger partial charge >= 0.3 is 12.1 Å². The number of aromatic nitrogens is 1. The average Bonchev–Trinajstić information content (AvgIpc) is 2.36. The number of esters is 1. The maximum atomic E-state index is 12.6. The quantitative estimate of drug-likeness (QED) is 0.620. The van der Waals surface area contributed by atoms with E-state index in [9.17, 15) is 18.0 Å². The van der Waals surface area contributed by atoms with E-state index in [1.54, 1.807) is 6.92 Å². The zero-order valence-corrected chi connectivity index (χ0v) is 11.0. The molecular formula is C13H9ClF3NO2. The minimum Gasteiger partial charge on any atom is -0.462 e. The largest absolute Gasteiger partial charge is 0.462 e. The highest BCUT2D eigenvalue weighted by Gasteiger charge is 2.30. The molecule has 0 aliphatic carbocycles. The summed E-state index contributed by atoms with van der Waals surface area (Å²) in [4.78, 5) is 15.5. The van der Waals surface area contributed by atoms with Gasteiger partial charge in [-0.25, -0.2) is 9.78 Å². The van der Waals surface area contributed by atoms with Crippen LogP contribution in [0.1, 0.15) is 22.8 Å². The van der Waals surface area contributed by atoms with Gasteiger partial charge < -0.3 is 4.74 Å². The molecule has 1 aromatic heterocycles. The summed E-state index contributed by atoms with van der Waals surface area (Å²) in [6, 6.07) is 4.29. The van der Waals surface area contributed by atoms with E-state index in [1.165, 1.54) is 12.1 Å². The van der Waals surface area contributed by atoms with Gasteiger partial charge in [-0.1, -0.05) is 11.6 Å². The van der Waals surface area contributed by atoms with Crippen molar-refractivity contribution >= 4 is 28.5 Å². The van der Waals surface area contributed by atoms with E-state index in [1.807, 2.05) is 0 Å². The Balaban J connectivity index is 2.57. The Morgan fingerprint density at radius 2 is 2.05 bits per heavy atom. The molecule has 0 aliphatic rings. The van der Waals surface area contributed by atoms with Gasteiger partial charge in [-0.2, -0.15) is 13.2 Å². The molecule has 0 saturated carbocycles. The van der Waals surface area contributed by atoms with E-state index in [0.717, 1.165) is 12.1 Å². The third kappa shape index (κ3) is 2.85. The highest BCUT2D eigenvalue weighted by molar-refractivity contribution is 6.32. The summed E-state index contributed by atoms with van der Waals surface area (Å²) in [5.41, 5.74) is -0.597. The van der Waals surface area contributed by atoms with E-state index in [4.69, 9.17) is 16.3 Å². The maximum absolute atomic E-state index is 12.6. The summed E-state index contributed by atoms with van der Waals surface area (Å²) in [5.74, 6) is -0.718. The number of rotatable bonds is 2. The number of fused-ring (bicyclic) bond motifs is 1. The molecule has 1 aromatic carbocycles. The van der Waals surface area contributed by atoms with Crippen LogP contribution >= 0.6 is 11.6 Å². The molecule has 106 valence electrons. The van der Waals surface area contributed by atoms with Crippen molar-refractivity contribution in [3.8, 4) is 0 Å². The first-order valence-electron chi connectivity index (χ1n) is 5.67. The Morgan fingerprint density at radius 1 is 1.35 bits per heavy atom. The molecule has 0 bridgehead atoms. The summed E-state index contributed by atoms with van der Waals surface area (Å²) < 4.78 is 42.7. The van der Waals surface area contributed by atoms with Gasteiger partial charge in [0, 0.05) is 5.39 Å². The van der Waals surface area contributed by atoms with Crippen LogP contribution in [0.2, 0.25) is 5.15 Å². The summed E-state index contributed by atoms with van der Waals surface area (Å²) >= 11 is 5.83. The number of benzene rings is 1. The number of hydrogen-bond acceptors (Lipinski definition) is 3. The second-order valence-electron chi connectivity index (χ2n) is 3.95. The first kappa shape index (κ1) is 14.6. The van der Waals surface area contributed by atoms with Gasteiger partial charge in [-0.3, -0.25) is 0 Å². The lowest BCUT2D eigenvalue weighted by atomic mass is 10.1. The monoisotopic (exact) mass is 303 g/mol.